The average molecular weight is 268 g/mol. The van der Waals surface area contributed by atoms with Crippen LogP contribution in [0.25, 0.3) is 11.0 Å². The van der Waals surface area contributed by atoms with E-state index in [1.165, 1.54) is 0 Å². The SMILES string of the molecule is Cc1ccccc1OCC[n+]1c(N)[nH]c2ccccc21. The normalized spacial score (nSPS) is 10.8. The Labute approximate surface area is 117 Å². The van der Waals surface area contributed by atoms with Gasteiger partial charge in [-0.1, -0.05) is 30.3 Å². The van der Waals surface area contributed by atoms with Gasteiger partial charge in [0.1, 0.15) is 29.9 Å². The number of H-pyrrole nitrogens is 1. The maximum absolute atomic E-state index is 6.01. The molecule has 3 N–H and O–H groups in total. The molecule has 0 saturated carbocycles. The second-order valence-electron chi connectivity index (χ2n) is 4.79. The highest BCUT2D eigenvalue weighted by molar-refractivity contribution is 5.72. The number of ether oxygens (including phenoxy) is 1. The van der Waals surface area contributed by atoms with Crippen LogP contribution < -0.4 is 15.0 Å². The Morgan fingerprint density at radius 1 is 1.10 bits per heavy atom. The highest BCUT2D eigenvalue weighted by atomic mass is 16.5. The zero-order valence-electron chi connectivity index (χ0n) is 11.5. The highest BCUT2D eigenvalue weighted by Gasteiger charge is 2.13. The van der Waals surface area contributed by atoms with Gasteiger partial charge in [0, 0.05) is 0 Å². The van der Waals surface area contributed by atoms with E-state index >= 15 is 0 Å². The number of hydrogen-bond acceptors (Lipinski definition) is 2. The van der Waals surface area contributed by atoms with Crippen LogP contribution in [0.4, 0.5) is 5.95 Å². The molecule has 0 saturated heterocycles. The topological polar surface area (TPSA) is 54.9 Å². The van der Waals surface area contributed by atoms with Crippen molar-refractivity contribution in [1.29, 1.82) is 0 Å². The number of nitrogens with two attached hydrogens (primary N) is 1. The molecule has 4 heteroatoms. The number of rotatable bonds is 4. The molecule has 0 aliphatic rings. The summed E-state index contributed by atoms with van der Waals surface area (Å²) in [6, 6.07) is 16.1. The van der Waals surface area contributed by atoms with E-state index in [0.717, 1.165) is 22.3 Å². The van der Waals surface area contributed by atoms with Crippen molar-refractivity contribution >= 4 is 17.0 Å². The second kappa shape index (κ2) is 5.25. The number of benzene rings is 2. The number of nitrogens with one attached hydrogen (secondary N) is 1. The van der Waals surface area contributed by atoms with E-state index in [1.807, 2.05) is 54.0 Å². The smallest absolute Gasteiger partial charge is 0.353 e. The van der Waals surface area contributed by atoms with Gasteiger partial charge in [0.05, 0.1) is 0 Å². The predicted octanol–water partition coefficient (Wildman–Crippen LogP) is 2.43. The summed E-state index contributed by atoms with van der Waals surface area (Å²) in [5.41, 5.74) is 9.30. The summed E-state index contributed by atoms with van der Waals surface area (Å²) in [6.45, 7) is 3.34. The molecule has 2 aromatic carbocycles. The van der Waals surface area contributed by atoms with Gasteiger partial charge in [0.25, 0.3) is 0 Å². The highest BCUT2D eigenvalue weighted by Crippen LogP contribution is 2.16. The van der Waals surface area contributed by atoms with Gasteiger partial charge in [-0.05, 0) is 30.7 Å². The number of fused-ring (bicyclic) bond motifs is 1. The Morgan fingerprint density at radius 3 is 2.70 bits per heavy atom. The first-order valence-corrected chi connectivity index (χ1v) is 6.70. The monoisotopic (exact) mass is 268 g/mol. The third kappa shape index (κ3) is 2.32. The minimum absolute atomic E-state index is 0.585. The summed E-state index contributed by atoms with van der Waals surface area (Å²) in [4.78, 5) is 3.17. The Morgan fingerprint density at radius 2 is 1.85 bits per heavy atom. The summed E-state index contributed by atoms with van der Waals surface area (Å²) in [5.74, 6) is 1.58. The van der Waals surface area contributed by atoms with Gasteiger partial charge in [0.15, 0.2) is 0 Å². The molecule has 0 amide bonds. The number of aromatic nitrogens is 2. The van der Waals surface area contributed by atoms with Crippen LogP contribution in [0.3, 0.4) is 0 Å². The number of nitrogens with zero attached hydrogens (tertiary/aromatic N) is 1. The molecule has 102 valence electrons. The molecule has 3 rings (SSSR count). The van der Waals surface area contributed by atoms with Crippen molar-refractivity contribution < 1.29 is 9.30 Å². The molecule has 1 aromatic heterocycles. The molecule has 0 unspecified atom stereocenters. The molecule has 0 aliphatic heterocycles. The third-order valence-corrected chi connectivity index (χ3v) is 3.41. The molecular formula is C16H18N3O+. The quantitative estimate of drug-likeness (QED) is 0.714. The van der Waals surface area contributed by atoms with Gasteiger partial charge >= 0.3 is 5.95 Å². The fraction of sp³-hybridized carbons (Fsp3) is 0.188. The number of imidazole rings is 1. The molecule has 0 fully saturated rings. The number of hydrogen-bond donors (Lipinski definition) is 2. The lowest BCUT2D eigenvalue weighted by atomic mass is 10.2. The number of aryl methyl sites for hydroxylation is 1. The van der Waals surface area contributed by atoms with E-state index in [9.17, 15) is 0 Å². The van der Waals surface area contributed by atoms with Gasteiger partial charge < -0.3 is 4.74 Å². The summed E-state index contributed by atoms with van der Waals surface area (Å²) in [6.07, 6.45) is 0. The fourth-order valence-corrected chi connectivity index (χ4v) is 2.36. The van der Waals surface area contributed by atoms with E-state index in [4.69, 9.17) is 10.5 Å². The maximum Gasteiger partial charge on any atom is 0.353 e. The predicted molar refractivity (Wildman–Crippen MR) is 79.6 cm³/mol. The first-order chi connectivity index (χ1) is 9.75. The van der Waals surface area contributed by atoms with Gasteiger partial charge in [-0.15, -0.1) is 0 Å². The lowest BCUT2D eigenvalue weighted by molar-refractivity contribution is -0.657. The molecule has 4 nitrogen and oxygen atoms in total. The summed E-state index contributed by atoms with van der Waals surface area (Å²) in [5, 5.41) is 0. The Kier molecular flexibility index (Phi) is 3.29. The number of anilines is 1. The van der Waals surface area contributed by atoms with E-state index < -0.39 is 0 Å². The Balaban J connectivity index is 1.74. The minimum atomic E-state index is 0.585. The zero-order chi connectivity index (χ0) is 13.9. The number of aromatic amines is 1. The minimum Gasteiger partial charge on any atom is -0.490 e. The third-order valence-electron chi connectivity index (χ3n) is 3.41. The molecule has 3 aromatic rings. The molecule has 0 radical (unpaired) electrons. The number of para-hydroxylation sites is 3. The van der Waals surface area contributed by atoms with Crippen molar-refractivity contribution in [2.75, 3.05) is 12.3 Å². The van der Waals surface area contributed by atoms with E-state index in [0.29, 0.717) is 19.1 Å². The molecule has 1 heterocycles. The van der Waals surface area contributed by atoms with Crippen LogP contribution in [-0.2, 0) is 6.54 Å². The fourth-order valence-electron chi connectivity index (χ4n) is 2.36. The van der Waals surface area contributed by atoms with Gasteiger partial charge in [-0.3, -0.25) is 5.73 Å². The maximum atomic E-state index is 6.01. The molecule has 0 aliphatic carbocycles. The molecule has 20 heavy (non-hydrogen) atoms. The molecule has 0 spiro atoms. The van der Waals surface area contributed by atoms with Crippen LogP contribution in [0, 0.1) is 6.92 Å². The first-order valence-electron chi connectivity index (χ1n) is 6.70. The van der Waals surface area contributed by atoms with Crippen LogP contribution in [0.15, 0.2) is 48.5 Å². The Hall–Kier alpha value is -2.49. The van der Waals surface area contributed by atoms with Crippen molar-refractivity contribution in [3.05, 3.63) is 54.1 Å². The zero-order valence-corrected chi connectivity index (χ0v) is 11.5. The number of nitrogen functional groups attached to an aromatic ring is 1. The second-order valence-corrected chi connectivity index (χ2v) is 4.79. The van der Waals surface area contributed by atoms with Gasteiger partial charge in [-0.25, -0.2) is 9.55 Å². The van der Waals surface area contributed by atoms with Crippen molar-refractivity contribution in [3.8, 4) is 5.75 Å². The van der Waals surface area contributed by atoms with Crippen molar-refractivity contribution in [1.82, 2.24) is 4.98 Å². The van der Waals surface area contributed by atoms with Crippen molar-refractivity contribution in [3.63, 3.8) is 0 Å². The molecule has 0 bridgehead atoms. The lowest BCUT2D eigenvalue weighted by Crippen LogP contribution is -2.38. The Bertz CT molecular complexity index is 733. The molecular weight excluding hydrogens is 250 g/mol. The largest absolute Gasteiger partial charge is 0.490 e. The summed E-state index contributed by atoms with van der Waals surface area (Å²) < 4.78 is 7.86. The standard InChI is InChI=1S/C16H17N3O/c1-12-6-2-5-9-15(12)20-11-10-19-14-8-4-3-7-13(14)18-16(19)17/h2-9H,10-11H2,1H3,(H2,17,18)/p+1. The van der Waals surface area contributed by atoms with E-state index in [2.05, 4.69) is 11.1 Å². The van der Waals surface area contributed by atoms with Crippen LogP contribution in [0.2, 0.25) is 0 Å². The summed E-state index contributed by atoms with van der Waals surface area (Å²) in [7, 11) is 0. The molecule has 0 atom stereocenters. The van der Waals surface area contributed by atoms with Crippen LogP contribution >= 0.6 is 0 Å². The lowest BCUT2D eigenvalue weighted by Gasteiger charge is -2.08. The van der Waals surface area contributed by atoms with E-state index in [1.54, 1.807) is 0 Å². The van der Waals surface area contributed by atoms with Crippen LogP contribution in [-0.4, -0.2) is 11.6 Å². The van der Waals surface area contributed by atoms with Crippen molar-refractivity contribution in [2.24, 2.45) is 0 Å². The van der Waals surface area contributed by atoms with Crippen LogP contribution in [0.5, 0.6) is 5.75 Å². The van der Waals surface area contributed by atoms with Gasteiger partial charge in [-0.2, -0.15) is 0 Å². The van der Waals surface area contributed by atoms with Crippen molar-refractivity contribution in [2.45, 2.75) is 13.5 Å². The average Bonchev–Trinajstić information content (AvgIpc) is 2.77. The van der Waals surface area contributed by atoms with E-state index in [-0.39, 0.29) is 0 Å². The first kappa shape index (κ1) is 12.5. The van der Waals surface area contributed by atoms with Crippen LogP contribution in [0.1, 0.15) is 5.56 Å². The van der Waals surface area contributed by atoms with Gasteiger partial charge in [0.2, 0.25) is 0 Å². The summed E-state index contributed by atoms with van der Waals surface area (Å²) >= 11 is 0.